The summed E-state index contributed by atoms with van der Waals surface area (Å²) in [5.41, 5.74) is 7.30. The van der Waals surface area contributed by atoms with Crippen molar-refractivity contribution in [2.45, 2.75) is 44.8 Å². The average Bonchev–Trinajstić information content (AvgIpc) is 2.40. The molecule has 3 unspecified atom stereocenters. The Bertz CT molecular complexity index is 469. The average molecular weight is 289 g/mol. The molecule has 0 aromatic heterocycles. The highest BCUT2D eigenvalue weighted by Gasteiger charge is 2.43. The van der Waals surface area contributed by atoms with Crippen LogP contribution in [-0.4, -0.2) is 6.18 Å². The molecule has 112 valence electrons. The van der Waals surface area contributed by atoms with Gasteiger partial charge in [0.05, 0.1) is 5.92 Å². The lowest BCUT2D eigenvalue weighted by Crippen LogP contribution is -2.33. The summed E-state index contributed by atoms with van der Waals surface area (Å²) >= 11 is 0. The Morgan fingerprint density at radius 3 is 2.55 bits per heavy atom. The molecule has 1 aromatic rings. The van der Waals surface area contributed by atoms with Crippen LogP contribution in [0.5, 0.6) is 0 Å². The van der Waals surface area contributed by atoms with Crippen molar-refractivity contribution in [3.05, 3.63) is 35.1 Å². The van der Waals surface area contributed by atoms with Crippen LogP contribution < -0.4 is 5.73 Å². The van der Waals surface area contributed by atoms with Gasteiger partial charge in [-0.1, -0.05) is 18.6 Å². The molecule has 0 amide bonds. The number of nitrogens with two attached hydrogens (primary N) is 1. The monoisotopic (exact) mass is 289 g/mol. The molecule has 0 spiro atoms. The smallest absolute Gasteiger partial charge is 0.324 e. The lowest BCUT2D eigenvalue weighted by molar-refractivity contribution is -0.186. The number of alkyl halides is 3. The standard InChI is InChI=1S/C15H19F4N/c1-9-7-11(5-6-13(9)16)14(20)10-3-2-4-12(8-10)15(17,18)19/h5-7,10,12,14H,2-4,8,20H2,1H3. The first kappa shape index (κ1) is 15.3. The maximum absolute atomic E-state index is 13.2. The molecule has 20 heavy (non-hydrogen) atoms. The maximum Gasteiger partial charge on any atom is 0.391 e. The predicted molar refractivity (Wildman–Crippen MR) is 69.6 cm³/mol. The Morgan fingerprint density at radius 2 is 1.95 bits per heavy atom. The van der Waals surface area contributed by atoms with Crippen molar-refractivity contribution >= 4 is 0 Å². The van der Waals surface area contributed by atoms with E-state index in [2.05, 4.69) is 0 Å². The molecule has 2 rings (SSSR count). The van der Waals surface area contributed by atoms with Crippen LogP contribution >= 0.6 is 0 Å². The molecule has 1 fully saturated rings. The number of hydrogen-bond donors (Lipinski definition) is 1. The topological polar surface area (TPSA) is 26.0 Å². The van der Waals surface area contributed by atoms with Crippen LogP contribution in [0, 0.1) is 24.6 Å². The molecular formula is C15H19F4N. The zero-order valence-electron chi connectivity index (χ0n) is 11.4. The third kappa shape index (κ3) is 3.32. The van der Waals surface area contributed by atoms with Crippen molar-refractivity contribution in [3.8, 4) is 0 Å². The molecule has 2 N–H and O–H groups in total. The van der Waals surface area contributed by atoms with Gasteiger partial charge in [-0.15, -0.1) is 0 Å². The highest BCUT2D eigenvalue weighted by molar-refractivity contribution is 5.26. The molecule has 1 aromatic carbocycles. The van der Waals surface area contributed by atoms with Crippen LogP contribution in [0.4, 0.5) is 17.6 Å². The van der Waals surface area contributed by atoms with Gasteiger partial charge in [-0.3, -0.25) is 0 Å². The van der Waals surface area contributed by atoms with Gasteiger partial charge in [0.25, 0.3) is 0 Å². The van der Waals surface area contributed by atoms with Gasteiger partial charge in [-0.05, 0) is 49.3 Å². The summed E-state index contributed by atoms with van der Waals surface area (Å²) in [6, 6.07) is 4.08. The molecule has 0 aliphatic heterocycles. The van der Waals surface area contributed by atoms with Crippen LogP contribution in [0.25, 0.3) is 0 Å². The van der Waals surface area contributed by atoms with Crippen molar-refractivity contribution in [1.82, 2.24) is 0 Å². The van der Waals surface area contributed by atoms with E-state index in [4.69, 9.17) is 5.73 Å². The van der Waals surface area contributed by atoms with Crippen LogP contribution in [0.15, 0.2) is 18.2 Å². The minimum absolute atomic E-state index is 0.0705. The lowest BCUT2D eigenvalue weighted by Gasteiger charge is -2.34. The van der Waals surface area contributed by atoms with Gasteiger partial charge in [0.1, 0.15) is 5.82 Å². The second-order valence-corrected chi connectivity index (χ2v) is 5.70. The summed E-state index contributed by atoms with van der Waals surface area (Å²) in [7, 11) is 0. The molecule has 5 heteroatoms. The first-order valence-corrected chi connectivity index (χ1v) is 6.87. The van der Waals surface area contributed by atoms with E-state index in [1.807, 2.05) is 0 Å². The summed E-state index contributed by atoms with van der Waals surface area (Å²) in [5.74, 6) is -1.77. The zero-order chi connectivity index (χ0) is 14.9. The molecule has 1 saturated carbocycles. The van der Waals surface area contributed by atoms with Crippen molar-refractivity contribution in [1.29, 1.82) is 0 Å². The van der Waals surface area contributed by atoms with Gasteiger partial charge in [-0.2, -0.15) is 13.2 Å². The molecule has 1 aliphatic rings. The molecule has 0 heterocycles. The minimum Gasteiger partial charge on any atom is -0.324 e. The van der Waals surface area contributed by atoms with Crippen molar-refractivity contribution in [2.75, 3.05) is 0 Å². The van der Waals surface area contributed by atoms with Crippen molar-refractivity contribution in [3.63, 3.8) is 0 Å². The second kappa shape index (κ2) is 5.72. The minimum atomic E-state index is -4.14. The summed E-state index contributed by atoms with van der Waals surface area (Å²) in [6.07, 6.45) is -2.64. The van der Waals surface area contributed by atoms with Crippen LogP contribution in [0.1, 0.15) is 42.9 Å². The fraction of sp³-hybridized carbons (Fsp3) is 0.600. The Hall–Kier alpha value is -1.10. The van der Waals surface area contributed by atoms with Gasteiger partial charge in [0.2, 0.25) is 0 Å². The summed E-state index contributed by atoms with van der Waals surface area (Å²) in [5, 5.41) is 0. The van der Waals surface area contributed by atoms with Crippen LogP contribution in [-0.2, 0) is 0 Å². The Morgan fingerprint density at radius 1 is 1.25 bits per heavy atom. The van der Waals surface area contributed by atoms with E-state index in [-0.39, 0.29) is 24.6 Å². The fourth-order valence-corrected chi connectivity index (χ4v) is 3.00. The molecule has 1 aliphatic carbocycles. The zero-order valence-corrected chi connectivity index (χ0v) is 11.4. The van der Waals surface area contributed by atoms with Crippen molar-refractivity contribution in [2.24, 2.45) is 17.6 Å². The van der Waals surface area contributed by atoms with Crippen LogP contribution in [0.3, 0.4) is 0 Å². The van der Waals surface area contributed by atoms with Gasteiger partial charge in [0, 0.05) is 6.04 Å². The molecular weight excluding hydrogens is 270 g/mol. The SMILES string of the molecule is Cc1cc(C(N)C2CCCC(C(F)(F)F)C2)ccc1F. The number of hydrogen-bond acceptors (Lipinski definition) is 1. The van der Waals surface area contributed by atoms with E-state index in [1.54, 1.807) is 19.1 Å². The number of benzene rings is 1. The van der Waals surface area contributed by atoms with E-state index in [0.29, 0.717) is 18.4 Å². The third-order valence-corrected chi connectivity index (χ3v) is 4.25. The van der Waals surface area contributed by atoms with Gasteiger partial charge >= 0.3 is 6.18 Å². The lowest BCUT2D eigenvalue weighted by atomic mass is 9.76. The summed E-state index contributed by atoms with van der Waals surface area (Å²) < 4.78 is 51.7. The van der Waals surface area contributed by atoms with E-state index in [1.165, 1.54) is 6.07 Å². The molecule has 0 saturated heterocycles. The Balaban J connectivity index is 2.12. The highest BCUT2D eigenvalue weighted by Crippen LogP contribution is 2.43. The van der Waals surface area contributed by atoms with E-state index >= 15 is 0 Å². The third-order valence-electron chi connectivity index (χ3n) is 4.25. The quantitative estimate of drug-likeness (QED) is 0.797. The van der Waals surface area contributed by atoms with Crippen molar-refractivity contribution < 1.29 is 17.6 Å². The number of rotatable bonds is 2. The summed E-state index contributed by atoms with van der Waals surface area (Å²) in [6.45, 7) is 1.63. The highest BCUT2D eigenvalue weighted by atomic mass is 19.4. The largest absolute Gasteiger partial charge is 0.391 e. The van der Waals surface area contributed by atoms with Gasteiger partial charge < -0.3 is 5.73 Å². The number of aryl methyl sites for hydroxylation is 1. The normalized spacial score (nSPS) is 25.5. The van der Waals surface area contributed by atoms with E-state index < -0.39 is 18.1 Å². The predicted octanol–water partition coefficient (Wildman–Crippen LogP) is 4.50. The fourth-order valence-electron chi connectivity index (χ4n) is 3.00. The van der Waals surface area contributed by atoms with E-state index in [9.17, 15) is 17.6 Å². The van der Waals surface area contributed by atoms with Gasteiger partial charge in [-0.25, -0.2) is 4.39 Å². The van der Waals surface area contributed by atoms with Crippen LogP contribution in [0.2, 0.25) is 0 Å². The second-order valence-electron chi connectivity index (χ2n) is 5.70. The molecule has 0 bridgehead atoms. The summed E-state index contributed by atoms with van der Waals surface area (Å²) in [4.78, 5) is 0. The van der Waals surface area contributed by atoms with Gasteiger partial charge in [0.15, 0.2) is 0 Å². The Labute approximate surface area is 116 Å². The Kier molecular flexibility index (Phi) is 4.37. The molecule has 0 radical (unpaired) electrons. The first-order chi connectivity index (χ1) is 9.29. The molecule has 3 atom stereocenters. The molecule has 1 nitrogen and oxygen atoms in total. The maximum atomic E-state index is 13.2. The van der Waals surface area contributed by atoms with E-state index in [0.717, 1.165) is 5.56 Å². The first-order valence-electron chi connectivity index (χ1n) is 6.87. The number of halogens is 4.